The molecule has 0 unspecified atom stereocenters. The Morgan fingerprint density at radius 1 is 1.19 bits per heavy atom. The highest BCUT2D eigenvalue weighted by molar-refractivity contribution is 6.35. The molecule has 1 amide bonds. The Hall–Kier alpha value is -0.810. The van der Waals surface area contributed by atoms with Crippen molar-refractivity contribution in [3.05, 3.63) is 33.8 Å². The van der Waals surface area contributed by atoms with E-state index in [1.54, 1.807) is 18.2 Å². The second-order valence-electron chi connectivity index (χ2n) is 5.49. The molecule has 0 N–H and O–H groups in total. The van der Waals surface area contributed by atoms with Crippen LogP contribution in [0.1, 0.15) is 23.2 Å². The van der Waals surface area contributed by atoms with Crippen LogP contribution >= 0.6 is 23.2 Å². The molecule has 2 fully saturated rings. The van der Waals surface area contributed by atoms with Gasteiger partial charge in [-0.15, -0.1) is 0 Å². The molecule has 2 saturated heterocycles. The Bertz CT molecular complexity index is 538. The van der Waals surface area contributed by atoms with Gasteiger partial charge in [0.25, 0.3) is 5.91 Å². The van der Waals surface area contributed by atoms with Crippen molar-refractivity contribution in [3.63, 3.8) is 0 Å². The molecule has 114 valence electrons. The van der Waals surface area contributed by atoms with Crippen LogP contribution in [-0.2, 0) is 9.47 Å². The standard InChI is InChI=1S/C15H17Cl2NO3/c16-11-1-2-13(17)12(9-11)14(19)18-5-8-21-15(10-18)3-6-20-7-4-15/h1-2,9H,3-8,10H2. The van der Waals surface area contributed by atoms with E-state index >= 15 is 0 Å². The number of hydrogen-bond donors (Lipinski definition) is 0. The summed E-state index contributed by atoms with van der Waals surface area (Å²) >= 11 is 12.1. The molecule has 0 aromatic heterocycles. The summed E-state index contributed by atoms with van der Waals surface area (Å²) in [6, 6.07) is 4.96. The van der Waals surface area contributed by atoms with Gasteiger partial charge in [-0.05, 0) is 18.2 Å². The summed E-state index contributed by atoms with van der Waals surface area (Å²) in [5, 5.41) is 0.939. The van der Waals surface area contributed by atoms with E-state index in [9.17, 15) is 4.79 Å². The molecule has 2 aliphatic heterocycles. The minimum atomic E-state index is -0.267. The van der Waals surface area contributed by atoms with E-state index in [0.717, 1.165) is 12.8 Å². The molecule has 3 rings (SSSR count). The number of rotatable bonds is 1. The van der Waals surface area contributed by atoms with Crippen LogP contribution in [0.25, 0.3) is 0 Å². The van der Waals surface area contributed by atoms with Crippen molar-refractivity contribution in [2.45, 2.75) is 18.4 Å². The monoisotopic (exact) mass is 329 g/mol. The largest absolute Gasteiger partial charge is 0.381 e. The van der Waals surface area contributed by atoms with Crippen LogP contribution in [0.15, 0.2) is 18.2 Å². The number of halogens is 2. The topological polar surface area (TPSA) is 38.8 Å². The van der Waals surface area contributed by atoms with Crippen molar-refractivity contribution in [1.29, 1.82) is 0 Å². The molecular formula is C15H17Cl2NO3. The average Bonchev–Trinajstić information content (AvgIpc) is 2.50. The maximum atomic E-state index is 12.7. The second-order valence-corrected chi connectivity index (χ2v) is 6.34. The van der Waals surface area contributed by atoms with Gasteiger partial charge in [0.15, 0.2) is 0 Å². The predicted octanol–water partition coefficient (Wildman–Crippen LogP) is 3.02. The van der Waals surface area contributed by atoms with Crippen molar-refractivity contribution in [2.24, 2.45) is 0 Å². The fraction of sp³-hybridized carbons (Fsp3) is 0.533. The Labute approximate surface area is 133 Å². The fourth-order valence-electron chi connectivity index (χ4n) is 2.90. The molecule has 1 aromatic rings. The average molecular weight is 330 g/mol. The summed E-state index contributed by atoms with van der Waals surface area (Å²) in [7, 11) is 0. The lowest BCUT2D eigenvalue weighted by molar-refractivity contribution is -0.146. The number of nitrogens with zero attached hydrogens (tertiary/aromatic N) is 1. The van der Waals surface area contributed by atoms with Crippen LogP contribution in [0.3, 0.4) is 0 Å². The van der Waals surface area contributed by atoms with E-state index in [1.807, 2.05) is 4.90 Å². The minimum Gasteiger partial charge on any atom is -0.381 e. The zero-order valence-corrected chi connectivity index (χ0v) is 13.1. The summed E-state index contributed by atoms with van der Waals surface area (Å²) in [5.41, 5.74) is 0.185. The van der Waals surface area contributed by atoms with Crippen molar-refractivity contribution < 1.29 is 14.3 Å². The first-order valence-electron chi connectivity index (χ1n) is 7.06. The second kappa shape index (κ2) is 6.13. The van der Waals surface area contributed by atoms with Crippen molar-refractivity contribution >= 4 is 29.1 Å². The molecule has 0 saturated carbocycles. The highest BCUT2D eigenvalue weighted by Gasteiger charge is 2.40. The molecule has 21 heavy (non-hydrogen) atoms. The molecule has 1 aromatic carbocycles. The third-order valence-corrected chi connectivity index (χ3v) is 4.66. The molecule has 0 aliphatic carbocycles. The molecular weight excluding hydrogens is 313 g/mol. The van der Waals surface area contributed by atoms with E-state index in [-0.39, 0.29) is 11.5 Å². The Kier molecular flexibility index (Phi) is 4.41. The molecule has 1 spiro atoms. The van der Waals surface area contributed by atoms with E-state index in [0.29, 0.717) is 48.5 Å². The molecule has 4 nitrogen and oxygen atoms in total. The molecule has 6 heteroatoms. The van der Waals surface area contributed by atoms with Gasteiger partial charge in [0.1, 0.15) is 0 Å². The maximum absolute atomic E-state index is 12.7. The first-order chi connectivity index (χ1) is 10.1. The summed E-state index contributed by atoms with van der Waals surface area (Å²) in [5.74, 6) is -0.0864. The van der Waals surface area contributed by atoms with Crippen LogP contribution in [0.2, 0.25) is 10.0 Å². The van der Waals surface area contributed by atoms with Gasteiger partial charge in [-0.2, -0.15) is 0 Å². The van der Waals surface area contributed by atoms with Gasteiger partial charge in [-0.1, -0.05) is 23.2 Å². The van der Waals surface area contributed by atoms with Gasteiger partial charge in [0.2, 0.25) is 0 Å². The summed E-state index contributed by atoms with van der Waals surface area (Å²) in [6.45, 7) is 3.06. The van der Waals surface area contributed by atoms with Crippen molar-refractivity contribution in [1.82, 2.24) is 4.90 Å². The third-order valence-electron chi connectivity index (χ3n) is 4.10. The van der Waals surface area contributed by atoms with Gasteiger partial charge >= 0.3 is 0 Å². The van der Waals surface area contributed by atoms with Gasteiger partial charge in [-0.25, -0.2) is 0 Å². The van der Waals surface area contributed by atoms with Crippen LogP contribution < -0.4 is 0 Å². The van der Waals surface area contributed by atoms with Crippen LogP contribution in [0, 0.1) is 0 Å². The molecule has 0 bridgehead atoms. The first kappa shape index (κ1) is 15.1. The zero-order chi connectivity index (χ0) is 14.9. The van der Waals surface area contributed by atoms with Crippen LogP contribution in [0.4, 0.5) is 0 Å². The summed E-state index contributed by atoms with van der Waals surface area (Å²) < 4.78 is 11.3. The molecule has 2 heterocycles. The first-order valence-corrected chi connectivity index (χ1v) is 7.81. The zero-order valence-electron chi connectivity index (χ0n) is 11.6. The van der Waals surface area contributed by atoms with Gasteiger partial charge < -0.3 is 14.4 Å². The van der Waals surface area contributed by atoms with Crippen LogP contribution in [-0.4, -0.2) is 49.3 Å². The number of hydrogen-bond acceptors (Lipinski definition) is 3. The highest BCUT2D eigenvalue weighted by Crippen LogP contribution is 2.31. The lowest BCUT2D eigenvalue weighted by atomic mass is 9.92. The number of carbonyl (C=O) groups excluding carboxylic acids is 1. The number of morpholine rings is 1. The van der Waals surface area contributed by atoms with Gasteiger partial charge in [0.05, 0.1) is 29.3 Å². The third kappa shape index (κ3) is 3.19. The van der Waals surface area contributed by atoms with E-state index < -0.39 is 0 Å². The minimum absolute atomic E-state index is 0.0864. The van der Waals surface area contributed by atoms with Gasteiger partial charge in [-0.3, -0.25) is 4.79 Å². The fourth-order valence-corrected chi connectivity index (χ4v) is 3.27. The quantitative estimate of drug-likeness (QED) is 0.795. The van der Waals surface area contributed by atoms with E-state index in [2.05, 4.69) is 0 Å². The molecule has 0 radical (unpaired) electrons. The normalized spacial score (nSPS) is 21.5. The number of amides is 1. The van der Waals surface area contributed by atoms with E-state index in [1.165, 1.54) is 0 Å². The van der Waals surface area contributed by atoms with Gasteiger partial charge in [0, 0.05) is 37.6 Å². The SMILES string of the molecule is O=C(c1cc(Cl)ccc1Cl)N1CCOC2(CCOCC2)C1. The Balaban J connectivity index is 1.79. The number of benzene rings is 1. The van der Waals surface area contributed by atoms with Crippen molar-refractivity contribution in [3.8, 4) is 0 Å². The number of ether oxygens (including phenoxy) is 2. The predicted molar refractivity (Wildman–Crippen MR) is 81.1 cm³/mol. The lowest BCUT2D eigenvalue weighted by Crippen LogP contribution is -2.55. The maximum Gasteiger partial charge on any atom is 0.255 e. The van der Waals surface area contributed by atoms with Crippen molar-refractivity contribution in [2.75, 3.05) is 32.9 Å². The number of carbonyl (C=O) groups is 1. The smallest absolute Gasteiger partial charge is 0.255 e. The molecule has 0 atom stereocenters. The summed E-state index contributed by atoms with van der Waals surface area (Å²) in [4.78, 5) is 14.5. The molecule has 2 aliphatic rings. The Morgan fingerprint density at radius 3 is 2.71 bits per heavy atom. The Morgan fingerprint density at radius 2 is 1.95 bits per heavy atom. The summed E-state index contributed by atoms with van der Waals surface area (Å²) in [6.07, 6.45) is 1.64. The lowest BCUT2D eigenvalue weighted by Gasteiger charge is -2.44. The highest BCUT2D eigenvalue weighted by atomic mass is 35.5. The van der Waals surface area contributed by atoms with Crippen LogP contribution in [0.5, 0.6) is 0 Å². The van der Waals surface area contributed by atoms with E-state index in [4.69, 9.17) is 32.7 Å².